The molecule has 0 heterocycles. The van der Waals surface area contributed by atoms with Crippen molar-refractivity contribution in [2.24, 2.45) is 28.6 Å². The van der Waals surface area contributed by atoms with Crippen LogP contribution in [0.1, 0.15) is 48.2 Å². The average Bonchev–Trinajstić information content (AvgIpc) is 3.43. The number of nitrogens with one attached hydrogen (secondary N) is 1. The van der Waals surface area contributed by atoms with E-state index in [1.165, 1.54) is 0 Å². The average molecular weight is 337 g/mol. The van der Waals surface area contributed by atoms with Crippen molar-refractivity contribution in [2.75, 3.05) is 0 Å². The Bertz CT molecular complexity index is 645. The van der Waals surface area contributed by atoms with Gasteiger partial charge in [-0.05, 0) is 37.8 Å². The highest BCUT2D eigenvalue weighted by atomic mass is 35.5. The van der Waals surface area contributed by atoms with E-state index in [9.17, 15) is 4.79 Å². The largest absolute Gasteiger partial charge is 0.371 e. The maximum absolute atomic E-state index is 12.5. The first-order valence-electron chi connectivity index (χ1n) is 7.78. The van der Waals surface area contributed by atoms with Gasteiger partial charge in [-0.15, -0.1) is 0 Å². The van der Waals surface area contributed by atoms with Crippen molar-refractivity contribution in [2.45, 2.75) is 38.4 Å². The van der Waals surface area contributed by atoms with Crippen LogP contribution < -0.4 is 17.1 Å². The molecule has 6 nitrogen and oxygen atoms in total. The smallest absolute Gasteiger partial charge is 0.166 e. The molecular weight excluding hydrogens is 316 g/mol. The number of benzene rings is 1. The van der Waals surface area contributed by atoms with Gasteiger partial charge in [-0.2, -0.15) is 5.10 Å². The number of hydrazone groups is 1. The molecule has 1 aromatic carbocycles. The molecule has 2 fully saturated rings. The normalized spacial score (nSPS) is 25.1. The van der Waals surface area contributed by atoms with Crippen molar-refractivity contribution in [3.63, 3.8) is 0 Å². The summed E-state index contributed by atoms with van der Waals surface area (Å²) in [5.41, 5.74) is 3.95. The van der Waals surface area contributed by atoms with E-state index in [4.69, 9.17) is 28.0 Å². The number of rotatable bonds is 6. The van der Waals surface area contributed by atoms with Gasteiger partial charge in [0.15, 0.2) is 5.78 Å². The number of amidine groups is 1. The molecule has 0 aliphatic heterocycles. The first-order chi connectivity index (χ1) is 11.0. The molecule has 2 aliphatic carbocycles. The first kappa shape index (κ1) is 16.2. The molecule has 0 spiro atoms. The number of nitrogens with zero attached hydrogens (tertiary/aromatic N) is 1. The van der Waals surface area contributed by atoms with Crippen molar-refractivity contribution in [1.82, 2.24) is 5.43 Å². The first-order valence-corrected chi connectivity index (χ1v) is 8.16. The molecule has 3 atom stereocenters. The van der Waals surface area contributed by atoms with E-state index in [0.29, 0.717) is 28.9 Å². The number of carbonyl (C=O) groups is 1. The number of hydrogen-bond acceptors (Lipinski definition) is 5. The molecule has 2 saturated carbocycles. The summed E-state index contributed by atoms with van der Waals surface area (Å²) in [5, 5.41) is 4.13. The summed E-state index contributed by atoms with van der Waals surface area (Å²) in [4.78, 5) is 12.5. The summed E-state index contributed by atoms with van der Waals surface area (Å²) < 4.78 is 5.84. The van der Waals surface area contributed by atoms with E-state index in [0.717, 1.165) is 18.4 Å². The third kappa shape index (κ3) is 3.49. The minimum absolute atomic E-state index is 0.0342. The Morgan fingerprint density at radius 2 is 2.17 bits per heavy atom. The van der Waals surface area contributed by atoms with E-state index in [1.54, 1.807) is 12.1 Å². The maximum Gasteiger partial charge on any atom is 0.166 e. The third-order valence-electron chi connectivity index (χ3n) is 4.41. The molecule has 23 heavy (non-hydrogen) atoms. The minimum atomic E-state index is -0.143. The molecule has 0 amide bonds. The zero-order valence-corrected chi connectivity index (χ0v) is 13.7. The summed E-state index contributed by atoms with van der Waals surface area (Å²) >= 11 is 6.34. The van der Waals surface area contributed by atoms with Gasteiger partial charge in [-0.1, -0.05) is 23.7 Å². The monoisotopic (exact) mass is 336 g/mol. The van der Waals surface area contributed by atoms with Crippen molar-refractivity contribution in [1.29, 1.82) is 0 Å². The standard InChI is InChI=1S/C16H21ClN4O2/c1-8(23-10-3-4-10)11-5-2-9(6-14(11)17)15(22)12-7-13(12)16(20-18)21-19/h2,5-6,8,10,12-13H,3-4,7,18-19H2,1H3,(H,20,21)/t8?,12-,13-/m0/s1. The summed E-state index contributed by atoms with van der Waals surface area (Å²) in [7, 11) is 0. The van der Waals surface area contributed by atoms with Gasteiger partial charge < -0.3 is 16.0 Å². The van der Waals surface area contributed by atoms with E-state index < -0.39 is 0 Å². The minimum Gasteiger partial charge on any atom is -0.371 e. The van der Waals surface area contributed by atoms with Crippen molar-refractivity contribution < 1.29 is 9.53 Å². The van der Waals surface area contributed by atoms with Crippen LogP contribution in [0.4, 0.5) is 0 Å². The van der Waals surface area contributed by atoms with Crippen LogP contribution in [0.5, 0.6) is 0 Å². The summed E-state index contributed by atoms with van der Waals surface area (Å²) in [6, 6.07) is 5.40. The number of Topliss-reactive ketones (excluding diaryl/α,β-unsaturated/α-hetero) is 1. The number of hydrazine groups is 1. The Balaban J connectivity index is 1.69. The van der Waals surface area contributed by atoms with Gasteiger partial charge in [0.1, 0.15) is 5.84 Å². The third-order valence-corrected chi connectivity index (χ3v) is 4.74. The summed E-state index contributed by atoms with van der Waals surface area (Å²) in [5.74, 6) is 10.9. The van der Waals surface area contributed by atoms with Gasteiger partial charge in [-0.25, -0.2) is 5.84 Å². The second kappa shape index (κ2) is 6.47. The zero-order chi connectivity index (χ0) is 16.6. The van der Waals surface area contributed by atoms with Crippen LogP contribution in [0.25, 0.3) is 0 Å². The predicted molar refractivity (Wildman–Crippen MR) is 88.8 cm³/mol. The highest BCUT2D eigenvalue weighted by Crippen LogP contribution is 2.42. The van der Waals surface area contributed by atoms with Crippen LogP contribution >= 0.6 is 11.6 Å². The molecular formula is C16H21ClN4O2. The van der Waals surface area contributed by atoms with Crippen LogP contribution in [0, 0.1) is 11.8 Å². The lowest BCUT2D eigenvalue weighted by atomic mass is 10.0. The number of ketones is 1. The zero-order valence-electron chi connectivity index (χ0n) is 13.0. The van der Waals surface area contributed by atoms with Gasteiger partial charge in [0.25, 0.3) is 0 Å². The van der Waals surface area contributed by atoms with Crippen molar-refractivity contribution >= 4 is 23.2 Å². The molecule has 0 saturated heterocycles. The Morgan fingerprint density at radius 3 is 2.74 bits per heavy atom. The molecule has 7 heteroatoms. The predicted octanol–water partition coefficient (Wildman–Crippen LogP) is 2.13. The molecule has 0 bridgehead atoms. The van der Waals surface area contributed by atoms with E-state index in [2.05, 4.69) is 10.5 Å². The fourth-order valence-corrected chi connectivity index (χ4v) is 3.15. The van der Waals surface area contributed by atoms with E-state index in [1.807, 2.05) is 13.0 Å². The topological polar surface area (TPSA) is 103 Å². The van der Waals surface area contributed by atoms with Gasteiger partial charge >= 0.3 is 0 Å². The summed E-state index contributed by atoms with van der Waals surface area (Å²) in [6.45, 7) is 1.98. The van der Waals surface area contributed by atoms with Crippen LogP contribution in [0.3, 0.4) is 0 Å². The lowest BCUT2D eigenvalue weighted by molar-refractivity contribution is 0.0519. The van der Waals surface area contributed by atoms with Crippen molar-refractivity contribution in [3.8, 4) is 0 Å². The lowest BCUT2D eigenvalue weighted by Crippen LogP contribution is -2.33. The molecule has 124 valence electrons. The second-order valence-corrected chi connectivity index (χ2v) is 6.59. The number of ether oxygens (including phenoxy) is 1. The molecule has 1 unspecified atom stereocenters. The van der Waals surface area contributed by atoms with Gasteiger partial charge in [0.2, 0.25) is 0 Å². The molecule has 0 aromatic heterocycles. The highest BCUT2D eigenvalue weighted by Gasteiger charge is 2.46. The lowest BCUT2D eigenvalue weighted by Gasteiger charge is -2.15. The van der Waals surface area contributed by atoms with Crippen LogP contribution in [0.2, 0.25) is 5.02 Å². The molecule has 0 radical (unpaired) electrons. The van der Waals surface area contributed by atoms with Crippen LogP contribution in [0.15, 0.2) is 23.3 Å². The van der Waals surface area contributed by atoms with Crippen LogP contribution in [-0.2, 0) is 4.74 Å². The Hall–Kier alpha value is -1.63. The SMILES string of the molecule is CC(OC1CC1)c1ccc(C(=O)[C@H]2C[C@@H]2/C(=N/N)NN)cc1Cl. The van der Waals surface area contributed by atoms with Gasteiger partial charge in [-0.3, -0.25) is 4.79 Å². The second-order valence-electron chi connectivity index (χ2n) is 6.19. The maximum atomic E-state index is 12.5. The molecule has 3 rings (SSSR count). The van der Waals surface area contributed by atoms with Crippen molar-refractivity contribution in [3.05, 3.63) is 34.3 Å². The summed E-state index contributed by atoms with van der Waals surface area (Å²) in [6.07, 6.45) is 3.21. The van der Waals surface area contributed by atoms with Gasteiger partial charge in [0.05, 0.1) is 12.2 Å². The van der Waals surface area contributed by atoms with E-state index >= 15 is 0 Å². The number of hydrogen-bond donors (Lipinski definition) is 3. The number of nitrogens with two attached hydrogens (primary N) is 2. The molecule has 5 N–H and O–H groups in total. The van der Waals surface area contributed by atoms with Gasteiger partial charge in [0, 0.05) is 22.4 Å². The Kier molecular flexibility index (Phi) is 4.57. The molecule has 2 aliphatic rings. The number of halogens is 1. The molecule has 1 aromatic rings. The number of carbonyl (C=O) groups excluding carboxylic acids is 1. The quantitative estimate of drug-likeness (QED) is 0.243. The highest BCUT2D eigenvalue weighted by molar-refractivity contribution is 6.31. The van der Waals surface area contributed by atoms with Crippen LogP contribution in [-0.4, -0.2) is 17.7 Å². The van der Waals surface area contributed by atoms with E-state index in [-0.39, 0.29) is 23.7 Å². The fourth-order valence-electron chi connectivity index (χ4n) is 2.82. The fraction of sp³-hybridized carbons (Fsp3) is 0.500. The Labute approximate surface area is 140 Å². The Morgan fingerprint density at radius 1 is 1.43 bits per heavy atom.